The first-order valence-electron chi connectivity index (χ1n) is 6.81. The molecule has 0 aliphatic carbocycles. The molecule has 0 spiro atoms. The molecule has 0 aliphatic rings. The van der Waals surface area contributed by atoms with Crippen LogP contribution in [0.4, 0.5) is 8.78 Å². The highest BCUT2D eigenvalue weighted by atomic mass is 19.1. The SMILES string of the molecule is CNCc1ccc(-c2ccc(F)c3ccccc23)cc1F. The van der Waals surface area contributed by atoms with Crippen LogP contribution in [0.2, 0.25) is 0 Å². The summed E-state index contributed by atoms with van der Waals surface area (Å²) in [5.41, 5.74) is 2.21. The Morgan fingerprint density at radius 1 is 0.857 bits per heavy atom. The number of halogens is 2. The number of hydrogen-bond donors (Lipinski definition) is 1. The van der Waals surface area contributed by atoms with Gasteiger partial charge in [-0.1, -0.05) is 42.5 Å². The van der Waals surface area contributed by atoms with Gasteiger partial charge in [-0.3, -0.25) is 0 Å². The minimum absolute atomic E-state index is 0.254. The van der Waals surface area contributed by atoms with Crippen molar-refractivity contribution >= 4 is 10.8 Å². The van der Waals surface area contributed by atoms with Crippen molar-refractivity contribution in [2.75, 3.05) is 7.05 Å². The summed E-state index contributed by atoms with van der Waals surface area (Å²) < 4.78 is 27.9. The predicted octanol–water partition coefficient (Wildman–Crippen LogP) is 4.50. The second-order valence-electron chi connectivity index (χ2n) is 4.98. The molecule has 0 heterocycles. The van der Waals surface area contributed by atoms with Gasteiger partial charge in [0.25, 0.3) is 0 Å². The van der Waals surface area contributed by atoms with E-state index < -0.39 is 0 Å². The smallest absolute Gasteiger partial charge is 0.131 e. The summed E-state index contributed by atoms with van der Waals surface area (Å²) in [4.78, 5) is 0. The van der Waals surface area contributed by atoms with Crippen LogP contribution in [0.5, 0.6) is 0 Å². The first kappa shape index (κ1) is 13.7. The zero-order chi connectivity index (χ0) is 14.8. The molecule has 3 aromatic carbocycles. The van der Waals surface area contributed by atoms with Gasteiger partial charge in [0.05, 0.1) is 0 Å². The maximum atomic E-state index is 14.1. The fraction of sp³-hybridized carbons (Fsp3) is 0.111. The topological polar surface area (TPSA) is 12.0 Å². The molecule has 106 valence electrons. The Kier molecular flexibility index (Phi) is 3.67. The minimum Gasteiger partial charge on any atom is -0.316 e. The third-order valence-corrected chi connectivity index (χ3v) is 3.60. The van der Waals surface area contributed by atoms with Crippen LogP contribution in [0, 0.1) is 11.6 Å². The summed E-state index contributed by atoms with van der Waals surface area (Å²) in [7, 11) is 1.78. The van der Waals surface area contributed by atoms with E-state index in [-0.39, 0.29) is 11.6 Å². The van der Waals surface area contributed by atoms with Crippen LogP contribution >= 0.6 is 0 Å². The van der Waals surface area contributed by atoms with Gasteiger partial charge in [-0.2, -0.15) is 0 Å². The molecule has 3 heteroatoms. The minimum atomic E-state index is -0.262. The van der Waals surface area contributed by atoms with Crippen LogP contribution in [0.3, 0.4) is 0 Å². The Hall–Kier alpha value is -2.26. The number of hydrogen-bond acceptors (Lipinski definition) is 1. The summed E-state index contributed by atoms with van der Waals surface area (Å²) in [6.45, 7) is 0.482. The molecule has 0 radical (unpaired) electrons. The Labute approximate surface area is 122 Å². The van der Waals surface area contributed by atoms with Crippen molar-refractivity contribution in [3.8, 4) is 11.1 Å². The molecule has 0 bridgehead atoms. The Bertz CT molecular complexity index is 796. The van der Waals surface area contributed by atoms with E-state index in [1.54, 1.807) is 31.3 Å². The quantitative estimate of drug-likeness (QED) is 0.746. The monoisotopic (exact) mass is 283 g/mol. The summed E-state index contributed by atoms with van der Waals surface area (Å²) in [6.07, 6.45) is 0. The number of fused-ring (bicyclic) bond motifs is 1. The molecular weight excluding hydrogens is 268 g/mol. The third-order valence-electron chi connectivity index (χ3n) is 3.60. The zero-order valence-corrected chi connectivity index (χ0v) is 11.7. The van der Waals surface area contributed by atoms with Crippen molar-refractivity contribution in [2.45, 2.75) is 6.54 Å². The number of nitrogens with one attached hydrogen (secondary N) is 1. The van der Waals surface area contributed by atoms with Crippen LogP contribution in [0.1, 0.15) is 5.56 Å². The molecule has 0 unspecified atom stereocenters. The lowest BCUT2D eigenvalue weighted by atomic mass is 9.97. The first-order chi connectivity index (χ1) is 10.2. The van der Waals surface area contributed by atoms with E-state index >= 15 is 0 Å². The molecule has 1 nitrogen and oxygen atoms in total. The van der Waals surface area contributed by atoms with Crippen molar-refractivity contribution < 1.29 is 8.78 Å². The van der Waals surface area contributed by atoms with Gasteiger partial charge in [0.2, 0.25) is 0 Å². The largest absolute Gasteiger partial charge is 0.316 e. The van der Waals surface area contributed by atoms with E-state index in [9.17, 15) is 8.78 Å². The lowest BCUT2D eigenvalue weighted by Crippen LogP contribution is -2.06. The van der Waals surface area contributed by atoms with E-state index in [2.05, 4.69) is 5.32 Å². The molecule has 3 aromatic rings. The lowest BCUT2D eigenvalue weighted by molar-refractivity contribution is 0.601. The van der Waals surface area contributed by atoms with Gasteiger partial charge >= 0.3 is 0 Å². The van der Waals surface area contributed by atoms with E-state index in [0.29, 0.717) is 17.5 Å². The van der Waals surface area contributed by atoms with Gasteiger partial charge in [0, 0.05) is 17.5 Å². The number of benzene rings is 3. The van der Waals surface area contributed by atoms with Crippen molar-refractivity contribution in [2.24, 2.45) is 0 Å². The van der Waals surface area contributed by atoms with Crippen LogP contribution in [0.25, 0.3) is 21.9 Å². The second kappa shape index (κ2) is 5.62. The highest BCUT2D eigenvalue weighted by Crippen LogP contribution is 2.31. The third kappa shape index (κ3) is 2.52. The van der Waals surface area contributed by atoms with E-state index in [0.717, 1.165) is 16.5 Å². The molecule has 21 heavy (non-hydrogen) atoms. The molecule has 1 N–H and O–H groups in total. The van der Waals surface area contributed by atoms with Crippen molar-refractivity contribution in [1.29, 1.82) is 0 Å². The van der Waals surface area contributed by atoms with Crippen LogP contribution < -0.4 is 5.32 Å². The normalized spacial score (nSPS) is 11.0. The summed E-state index contributed by atoms with van der Waals surface area (Å²) >= 11 is 0. The fourth-order valence-corrected chi connectivity index (χ4v) is 2.56. The summed E-state index contributed by atoms with van der Waals surface area (Å²) in [6, 6.07) is 15.5. The molecule has 3 rings (SSSR count). The van der Waals surface area contributed by atoms with Crippen LogP contribution in [-0.2, 0) is 6.54 Å². The van der Waals surface area contributed by atoms with Crippen LogP contribution in [-0.4, -0.2) is 7.05 Å². The molecular formula is C18H15F2N. The lowest BCUT2D eigenvalue weighted by Gasteiger charge is -2.10. The summed E-state index contributed by atoms with van der Waals surface area (Å²) in [5, 5.41) is 4.27. The van der Waals surface area contributed by atoms with E-state index in [4.69, 9.17) is 0 Å². The average Bonchev–Trinajstić information content (AvgIpc) is 2.50. The van der Waals surface area contributed by atoms with Gasteiger partial charge in [-0.15, -0.1) is 0 Å². The molecule has 0 saturated heterocycles. The van der Waals surface area contributed by atoms with Crippen LogP contribution in [0.15, 0.2) is 54.6 Å². The van der Waals surface area contributed by atoms with Crippen molar-refractivity contribution in [3.63, 3.8) is 0 Å². The van der Waals surface area contributed by atoms with Crippen molar-refractivity contribution in [3.05, 3.63) is 71.8 Å². The molecule has 0 saturated carbocycles. The van der Waals surface area contributed by atoms with Crippen molar-refractivity contribution in [1.82, 2.24) is 5.32 Å². The molecule has 0 aliphatic heterocycles. The number of rotatable bonds is 3. The maximum absolute atomic E-state index is 14.1. The van der Waals surface area contributed by atoms with E-state index in [1.807, 2.05) is 18.2 Å². The average molecular weight is 283 g/mol. The van der Waals surface area contributed by atoms with E-state index in [1.165, 1.54) is 12.1 Å². The molecule has 0 fully saturated rings. The Balaban J connectivity index is 2.17. The van der Waals surface area contributed by atoms with Gasteiger partial charge in [-0.25, -0.2) is 8.78 Å². The van der Waals surface area contributed by atoms with Gasteiger partial charge in [0.15, 0.2) is 0 Å². The fourth-order valence-electron chi connectivity index (χ4n) is 2.56. The van der Waals surface area contributed by atoms with Gasteiger partial charge in [0.1, 0.15) is 11.6 Å². The van der Waals surface area contributed by atoms with Gasteiger partial charge < -0.3 is 5.32 Å². The first-order valence-corrected chi connectivity index (χ1v) is 6.81. The summed E-state index contributed by atoms with van der Waals surface area (Å²) in [5.74, 6) is -0.517. The predicted molar refractivity (Wildman–Crippen MR) is 82.1 cm³/mol. The molecule has 0 aromatic heterocycles. The van der Waals surface area contributed by atoms with Gasteiger partial charge in [-0.05, 0) is 35.7 Å². The molecule has 0 amide bonds. The Morgan fingerprint density at radius 2 is 1.62 bits per heavy atom. The standard InChI is InChI=1S/C18H15F2N/c1-21-11-13-7-6-12(10-18(13)20)14-8-9-17(19)16-5-3-2-4-15(14)16/h2-10,21H,11H2,1H3. The highest BCUT2D eigenvalue weighted by molar-refractivity contribution is 5.96. The second-order valence-corrected chi connectivity index (χ2v) is 4.98. The molecule has 0 atom stereocenters. The zero-order valence-electron chi connectivity index (χ0n) is 11.7. The highest BCUT2D eigenvalue weighted by Gasteiger charge is 2.09. The Morgan fingerprint density at radius 3 is 2.33 bits per heavy atom. The maximum Gasteiger partial charge on any atom is 0.131 e.